The summed E-state index contributed by atoms with van der Waals surface area (Å²) in [5.41, 5.74) is 10.4. The van der Waals surface area contributed by atoms with E-state index in [2.05, 4.69) is 0 Å². The van der Waals surface area contributed by atoms with Gasteiger partial charge in [-0.2, -0.15) is 0 Å². The van der Waals surface area contributed by atoms with Gasteiger partial charge >= 0.3 is 9.28 Å². The lowest BCUT2D eigenvalue weighted by molar-refractivity contribution is 0.211. The van der Waals surface area contributed by atoms with Crippen LogP contribution in [0.15, 0.2) is 0 Å². The molecule has 0 rings (SSSR count). The molecular formula is C5H15N2O2Si. The molecule has 1 radical (unpaired) electrons. The Hall–Kier alpha value is 0.0569. The van der Waals surface area contributed by atoms with Crippen molar-refractivity contribution in [2.75, 3.05) is 26.3 Å². The largest absolute Gasteiger partial charge is 0.392 e. The first-order valence-electron chi connectivity index (χ1n) is 3.30. The van der Waals surface area contributed by atoms with E-state index in [4.69, 9.17) is 20.3 Å². The predicted molar refractivity (Wildman–Crippen MR) is 41.6 cm³/mol. The minimum absolute atomic E-state index is 0.550. The highest BCUT2D eigenvalue weighted by molar-refractivity contribution is 6.42. The Balaban J connectivity index is 3.00. The molecule has 0 aliphatic heterocycles. The van der Waals surface area contributed by atoms with E-state index >= 15 is 0 Å². The molecule has 4 nitrogen and oxygen atoms in total. The van der Waals surface area contributed by atoms with E-state index in [1.165, 1.54) is 0 Å². The van der Waals surface area contributed by atoms with Crippen molar-refractivity contribution >= 4 is 9.28 Å². The van der Waals surface area contributed by atoms with Crippen LogP contribution in [0.2, 0.25) is 6.55 Å². The van der Waals surface area contributed by atoms with Crippen LogP contribution in [0, 0.1) is 0 Å². The van der Waals surface area contributed by atoms with Crippen molar-refractivity contribution in [2.45, 2.75) is 6.55 Å². The third-order valence-corrected chi connectivity index (χ3v) is 2.07. The van der Waals surface area contributed by atoms with E-state index in [0.29, 0.717) is 26.3 Å². The van der Waals surface area contributed by atoms with Gasteiger partial charge in [-0.05, 0) is 6.55 Å². The van der Waals surface area contributed by atoms with E-state index < -0.39 is 9.28 Å². The van der Waals surface area contributed by atoms with Crippen LogP contribution in [0.4, 0.5) is 0 Å². The first-order valence-corrected chi connectivity index (χ1v) is 5.12. The van der Waals surface area contributed by atoms with Gasteiger partial charge in [0.05, 0.1) is 0 Å². The molecule has 0 aliphatic rings. The summed E-state index contributed by atoms with van der Waals surface area (Å²) in [6, 6.07) is 0. The summed E-state index contributed by atoms with van der Waals surface area (Å²) < 4.78 is 10.4. The van der Waals surface area contributed by atoms with Crippen LogP contribution in [0.25, 0.3) is 0 Å². The highest BCUT2D eigenvalue weighted by Gasteiger charge is 2.05. The van der Waals surface area contributed by atoms with Gasteiger partial charge in [0.1, 0.15) is 0 Å². The van der Waals surface area contributed by atoms with Crippen LogP contribution in [0.3, 0.4) is 0 Å². The second-order valence-electron chi connectivity index (χ2n) is 1.77. The molecule has 4 N–H and O–H groups in total. The fourth-order valence-electron chi connectivity index (χ4n) is 0.447. The maximum atomic E-state index is 5.22. The van der Waals surface area contributed by atoms with Gasteiger partial charge in [0.25, 0.3) is 0 Å². The average Bonchev–Trinajstić information content (AvgIpc) is 1.97. The topological polar surface area (TPSA) is 70.5 Å². The van der Waals surface area contributed by atoms with Gasteiger partial charge in [-0.1, -0.05) is 0 Å². The van der Waals surface area contributed by atoms with Crippen LogP contribution < -0.4 is 11.5 Å². The van der Waals surface area contributed by atoms with Crippen LogP contribution >= 0.6 is 0 Å². The van der Waals surface area contributed by atoms with E-state index in [-0.39, 0.29) is 0 Å². The van der Waals surface area contributed by atoms with Gasteiger partial charge in [0.15, 0.2) is 0 Å². The minimum Gasteiger partial charge on any atom is -0.392 e. The van der Waals surface area contributed by atoms with Crippen molar-refractivity contribution in [2.24, 2.45) is 11.5 Å². The van der Waals surface area contributed by atoms with Gasteiger partial charge < -0.3 is 20.3 Å². The summed E-state index contributed by atoms with van der Waals surface area (Å²) in [5, 5.41) is 0. The van der Waals surface area contributed by atoms with Crippen molar-refractivity contribution in [3.8, 4) is 0 Å². The fourth-order valence-corrected chi connectivity index (χ4v) is 1.34. The second kappa shape index (κ2) is 7.17. The van der Waals surface area contributed by atoms with E-state index in [1.54, 1.807) is 0 Å². The van der Waals surface area contributed by atoms with Crippen LogP contribution in [-0.2, 0) is 8.85 Å². The molecule has 0 fully saturated rings. The third-order valence-electron chi connectivity index (χ3n) is 0.846. The summed E-state index contributed by atoms with van der Waals surface area (Å²) >= 11 is 0. The molecule has 0 aromatic heterocycles. The molecule has 0 amide bonds. The lowest BCUT2D eigenvalue weighted by Crippen LogP contribution is -2.25. The zero-order chi connectivity index (χ0) is 7.82. The Labute approximate surface area is 63.3 Å². The van der Waals surface area contributed by atoms with Gasteiger partial charge in [0, 0.05) is 26.3 Å². The van der Waals surface area contributed by atoms with Crippen molar-refractivity contribution in [3.63, 3.8) is 0 Å². The SMILES string of the molecule is C[Si](OCCN)OCCN. The van der Waals surface area contributed by atoms with Crippen molar-refractivity contribution in [1.29, 1.82) is 0 Å². The van der Waals surface area contributed by atoms with Crippen LogP contribution in [-0.4, -0.2) is 35.6 Å². The smallest absolute Gasteiger partial charge is 0.381 e. The summed E-state index contributed by atoms with van der Waals surface area (Å²) in [7, 11) is -1.07. The molecule has 0 atom stereocenters. The number of hydrogen-bond acceptors (Lipinski definition) is 4. The Kier molecular flexibility index (Phi) is 7.21. The first-order chi connectivity index (χ1) is 4.81. The molecule has 0 aliphatic carbocycles. The lowest BCUT2D eigenvalue weighted by Gasteiger charge is -2.08. The summed E-state index contributed by atoms with van der Waals surface area (Å²) in [6.07, 6.45) is 0. The van der Waals surface area contributed by atoms with Crippen molar-refractivity contribution in [3.05, 3.63) is 0 Å². The summed E-state index contributed by atoms with van der Waals surface area (Å²) in [6.45, 7) is 4.18. The van der Waals surface area contributed by atoms with Gasteiger partial charge in [-0.25, -0.2) is 0 Å². The second-order valence-corrected chi connectivity index (χ2v) is 3.33. The molecule has 61 valence electrons. The van der Waals surface area contributed by atoms with Gasteiger partial charge in [-0.15, -0.1) is 0 Å². The zero-order valence-electron chi connectivity index (χ0n) is 6.30. The first kappa shape index (κ1) is 10.1. The van der Waals surface area contributed by atoms with Crippen LogP contribution in [0.5, 0.6) is 0 Å². The molecule has 0 bridgehead atoms. The van der Waals surface area contributed by atoms with Gasteiger partial charge in [0.2, 0.25) is 0 Å². The standard InChI is InChI=1S/C5H15N2O2Si/c1-10(8-4-2-6)9-5-3-7/h2-7H2,1H3. The maximum Gasteiger partial charge on any atom is 0.381 e. The molecule has 0 saturated carbocycles. The van der Waals surface area contributed by atoms with E-state index in [0.717, 1.165) is 0 Å². The number of nitrogens with two attached hydrogens (primary N) is 2. The van der Waals surface area contributed by atoms with Crippen LogP contribution in [0.1, 0.15) is 0 Å². The summed E-state index contributed by atoms with van der Waals surface area (Å²) in [5.74, 6) is 0. The highest BCUT2D eigenvalue weighted by atomic mass is 28.3. The molecule has 0 aromatic carbocycles. The minimum atomic E-state index is -1.07. The normalized spacial score (nSPS) is 10.8. The van der Waals surface area contributed by atoms with E-state index in [9.17, 15) is 0 Å². The monoisotopic (exact) mass is 163 g/mol. The molecule has 0 spiro atoms. The fraction of sp³-hybridized carbons (Fsp3) is 1.00. The van der Waals surface area contributed by atoms with Gasteiger partial charge in [-0.3, -0.25) is 0 Å². The Morgan fingerprint density at radius 3 is 1.80 bits per heavy atom. The number of hydrogen-bond donors (Lipinski definition) is 2. The molecule has 10 heavy (non-hydrogen) atoms. The third kappa shape index (κ3) is 6.18. The van der Waals surface area contributed by atoms with Crippen molar-refractivity contribution < 1.29 is 8.85 Å². The Morgan fingerprint density at radius 2 is 1.50 bits per heavy atom. The molecule has 0 unspecified atom stereocenters. The quantitative estimate of drug-likeness (QED) is 0.496. The summed E-state index contributed by atoms with van der Waals surface area (Å²) in [4.78, 5) is 0. The Bertz CT molecular complexity index is 66.7. The van der Waals surface area contributed by atoms with E-state index in [1.807, 2.05) is 6.55 Å². The maximum absolute atomic E-state index is 5.22. The number of rotatable bonds is 6. The molecule has 0 saturated heterocycles. The average molecular weight is 163 g/mol. The van der Waals surface area contributed by atoms with Crippen molar-refractivity contribution in [1.82, 2.24) is 0 Å². The molecular weight excluding hydrogens is 148 g/mol. The predicted octanol–water partition coefficient (Wildman–Crippen LogP) is -0.945. The zero-order valence-corrected chi connectivity index (χ0v) is 7.30. The molecule has 5 heteroatoms. The highest BCUT2D eigenvalue weighted by Crippen LogP contribution is 1.85. The molecule has 0 aromatic rings. The lowest BCUT2D eigenvalue weighted by atomic mass is 10.8. The molecule has 0 heterocycles. The Morgan fingerprint density at radius 1 is 1.10 bits per heavy atom.